The van der Waals surface area contributed by atoms with Crippen molar-refractivity contribution >= 4 is 23.2 Å². The maximum absolute atomic E-state index is 12.6. The van der Waals surface area contributed by atoms with Gasteiger partial charge in [0.2, 0.25) is 6.79 Å². The lowest BCUT2D eigenvalue weighted by Gasteiger charge is -2.08. The van der Waals surface area contributed by atoms with Crippen molar-refractivity contribution in [2.75, 3.05) is 12.1 Å². The zero-order valence-corrected chi connectivity index (χ0v) is 14.9. The number of benzene rings is 2. The number of nitrogens with zero attached hydrogens (tertiary/aromatic N) is 3. The molecule has 1 aromatic heterocycles. The predicted molar refractivity (Wildman–Crippen MR) is 96.4 cm³/mol. The van der Waals surface area contributed by atoms with Gasteiger partial charge in [-0.05, 0) is 26.0 Å². The molecule has 0 radical (unpaired) electrons. The van der Waals surface area contributed by atoms with Crippen LogP contribution in [-0.2, 0) is 0 Å². The largest absolute Gasteiger partial charge is 0.454 e. The van der Waals surface area contributed by atoms with Crippen LogP contribution in [0.2, 0.25) is 5.02 Å². The van der Waals surface area contributed by atoms with Gasteiger partial charge >= 0.3 is 0 Å². The molecule has 26 heavy (non-hydrogen) atoms. The smallest absolute Gasteiger partial charge is 0.278 e. The van der Waals surface area contributed by atoms with Gasteiger partial charge in [-0.2, -0.15) is 0 Å². The minimum atomic E-state index is -0.401. The topological polar surface area (TPSA) is 78.3 Å². The number of aromatic nitrogens is 3. The van der Waals surface area contributed by atoms with Gasteiger partial charge in [0, 0.05) is 12.1 Å². The first kappa shape index (κ1) is 16.4. The van der Waals surface area contributed by atoms with E-state index in [1.54, 1.807) is 23.7 Å². The maximum atomic E-state index is 12.6. The molecule has 1 amide bonds. The Morgan fingerprint density at radius 2 is 1.85 bits per heavy atom. The summed E-state index contributed by atoms with van der Waals surface area (Å²) in [6.07, 6.45) is 0. The number of aryl methyl sites for hydroxylation is 1. The number of fused-ring (bicyclic) bond motifs is 1. The van der Waals surface area contributed by atoms with Crippen molar-refractivity contribution in [2.24, 2.45) is 0 Å². The van der Waals surface area contributed by atoms with Crippen LogP contribution in [0, 0.1) is 13.8 Å². The normalized spacial score (nSPS) is 12.3. The van der Waals surface area contributed by atoms with E-state index in [0.29, 0.717) is 27.9 Å². The molecule has 0 aliphatic carbocycles. The highest BCUT2D eigenvalue weighted by atomic mass is 35.5. The van der Waals surface area contributed by atoms with Gasteiger partial charge in [-0.25, -0.2) is 4.68 Å². The number of nitrogens with one attached hydrogen (secondary N) is 1. The van der Waals surface area contributed by atoms with Crippen molar-refractivity contribution < 1.29 is 14.3 Å². The standard InChI is InChI=1S/C18H15ClN4O3/c1-10-3-5-12(6-4-10)23-11(2)17(21-22-23)18(24)20-14-8-16-15(7-13(14)19)25-9-26-16/h3-8H,9H2,1-2H3,(H,20,24). The summed E-state index contributed by atoms with van der Waals surface area (Å²) < 4.78 is 12.2. The van der Waals surface area contributed by atoms with E-state index in [1.807, 2.05) is 31.2 Å². The van der Waals surface area contributed by atoms with Gasteiger partial charge in [-0.15, -0.1) is 5.10 Å². The summed E-state index contributed by atoms with van der Waals surface area (Å²) in [6, 6.07) is 11.0. The molecule has 7 nitrogen and oxygen atoms in total. The number of rotatable bonds is 3. The first-order valence-electron chi connectivity index (χ1n) is 7.93. The van der Waals surface area contributed by atoms with Crippen LogP contribution in [0.1, 0.15) is 21.7 Å². The van der Waals surface area contributed by atoms with Crippen molar-refractivity contribution in [3.63, 3.8) is 0 Å². The molecular formula is C18H15ClN4O3. The van der Waals surface area contributed by atoms with E-state index in [2.05, 4.69) is 15.6 Å². The van der Waals surface area contributed by atoms with Crippen LogP contribution in [0.25, 0.3) is 5.69 Å². The summed E-state index contributed by atoms with van der Waals surface area (Å²) >= 11 is 6.20. The third kappa shape index (κ3) is 2.86. The fraction of sp³-hybridized carbons (Fsp3) is 0.167. The number of halogens is 1. The van der Waals surface area contributed by atoms with E-state index in [4.69, 9.17) is 21.1 Å². The van der Waals surface area contributed by atoms with Crippen LogP contribution >= 0.6 is 11.6 Å². The number of carbonyl (C=O) groups excluding carboxylic acids is 1. The second kappa shape index (κ2) is 6.34. The number of hydrogen-bond donors (Lipinski definition) is 1. The van der Waals surface area contributed by atoms with Gasteiger partial charge in [-0.1, -0.05) is 34.5 Å². The average Bonchev–Trinajstić information content (AvgIpc) is 3.22. The lowest BCUT2D eigenvalue weighted by Crippen LogP contribution is -2.14. The first-order chi connectivity index (χ1) is 12.5. The Hall–Kier alpha value is -3.06. The molecule has 2 aromatic carbocycles. The quantitative estimate of drug-likeness (QED) is 0.763. The zero-order chi connectivity index (χ0) is 18.3. The van der Waals surface area contributed by atoms with Crippen LogP contribution in [0.5, 0.6) is 11.5 Å². The molecule has 0 spiro atoms. The lowest BCUT2D eigenvalue weighted by atomic mass is 10.2. The summed E-state index contributed by atoms with van der Waals surface area (Å²) in [5.74, 6) is 0.681. The minimum Gasteiger partial charge on any atom is -0.454 e. The van der Waals surface area contributed by atoms with Gasteiger partial charge < -0.3 is 14.8 Å². The third-order valence-corrected chi connectivity index (χ3v) is 4.41. The Labute approximate surface area is 154 Å². The molecule has 1 aliphatic rings. The summed E-state index contributed by atoms with van der Waals surface area (Å²) in [7, 11) is 0. The van der Waals surface area contributed by atoms with Crippen LogP contribution in [0.3, 0.4) is 0 Å². The second-order valence-corrected chi connectivity index (χ2v) is 6.32. The summed E-state index contributed by atoms with van der Waals surface area (Å²) in [4.78, 5) is 12.6. The summed E-state index contributed by atoms with van der Waals surface area (Å²) in [5.41, 5.74) is 3.25. The van der Waals surface area contributed by atoms with Crippen LogP contribution < -0.4 is 14.8 Å². The second-order valence-electron chi connectivity index (χ2n) is 5.91. The Morgan fingerprint density at radius 3 is 2.58 bits per heavy atom. The van der Waals surface area contributed by atoms with Crippen LogP contribution in [0.15, 0.2) is 36.4 Å². The molecule has 8 heteroatoms. The lowest BCUT2D eigenvalue weighted by molar-refractivity contribution is 0.102. The number of ether oxygens (including phenoxy) is 2. The summed E-state index contributed by atoms with van der Waals surface area (Å²) in [6.45, 7) is 3.93. The summed E-state index contributed by atoms with van der Waals surface area (Å²) in [5, 5.41) is 11.2. The number of anilines is 1. The molecule has 3 aromatic rings. The molecule has 1 aliphatic heterocycles. The molecule has 0 atom stereocenters. The van der Waals surface area contributed by atoms with E-state index in [1.165, 1.54) is 0 Å². The zero-order valence-electron chi connectivity index (χ0n) is 14.1. The molecule has 0 fully saturated rings. The molecule has 0 unspecified atom stereocenters. The van der Waals surface area contributed by atoms with Gasteiger partial charge in [0.25, 0.3) is 5.91 Å². The highest BCUT2D eigenvalue weighted by Gasteiger charge is 2.21. The number of carbonyl (C=O) groups is 1. The number of hydrogen-bond acceptors (Lipinski definition) is 5. The molecule has 1 N–H and O–H groups in total. The molecule has 4 rings (SSSR count). The molecule has 2 heterocycles. The monoisotopic (exact) mass is 370 g/mol. The van der Waals surface area contributed by atoms with E-state index in [0.717, 1.165) is 11.3 Å². The highest BCUT2D eigenvalue weighted by molar-refractivity contribution is 6.34. The van der Waals surface area contributed by atoms with Crippen molar-refractivity contribution in [1.82, 2.24) is 15.0 Å². The van der Waals surface area contributed by atoms with Gasteiger partial charge in [-0.3, -0.25) is 4.79 Å². The Kier molecular flexibility index (Phi) is 4.00. The van der Waals surface area contributed by atoms with Crippen LogP contribution in [0.4, 0.5) is 5.69 Å². The molecule has 0 bridgehead atoms. The van der Waals surface area contributed by atoms with Gasteiger partial charge in [0.1, 0.15) is 0 Å². The van der Waals surface area contributed by atoms with E-state index in [9.17, 15) is 4.79 Å². The van der Waals surface area contributed by atoms with Crippen molar-refractivity contribution in [2.45, 2.75) is 13.8 Å². The number of amides is 1. The molecular weight excluding hydrogens is 356 g/mol. The van der Waals surface area contributed by atoms with Crippen molar-refractivity contribution in [1.29, 1.82) is 0 Å². The maximum Gasteiger partial charge on any atom is 0.278 e. The minimum absolute atomic E-state index is 0.132. The predicted octanol–water partition coefficient (Wildman–Crippen LogP) is 3.52. The highest BCUT2D eigenvalue weighted by Crippen LogP contribution is 2.39. The first-order valence-corrected chi connectivity index (χ1v) is 8.30. The van der Waals surface area contributed by atoms with Gasteiger partial charge in [0.15, 0.2) is 17.2 Å². The fourth-order valence-electron chi connectivity index (χ4n) is 2.66. The SMILES string of the molecule is Cc1ccc(-n2nnc(C(=O)Nc3cc4c(cc3Cl)OCO4)c2C)cc1. The van der Waals surface area contributed by atoms with Crippen LogP contribution in [-0.4, -0.2) is 27.7 Å². The van der Waals surface area contributed by atoms with E-state index >= 15 is 0 Å². The average molecular weight is 371 g/mol. The molecule has 132 valence electrons. The molecule has 0 saturated heterocycles. The van der Waals surface area contributed by atoms with Gasteiger partial charge in [0.05, 0.1) is 22.1 Å². The van der Waals surface area contributed by atoms with Crippen molar-refractivity contribution in [3.05, 3.63) is 58.4 Å². The van der Waals surface area contributed by atoms with E-state index < -0.39 is 5.91 Å². The Balaban J connectivity index is 1.61. The fourth-order valence-corrected chi connectivity index (χ4v) is 2.87. The molecule has 0 saturated carbocycles. The van der Waals surface area contributed by atoms with Crippen molar-refractivity contribution in [3.8, 4) is 17.2 Å². The third-order valence-electron chi connectivity index (χ3n) is 4.10. The Morgan fingerprint density at radius 1 is 1.15 bits per heavy atom. The van der Waals surface area contributed by atoms with E-state index in [-0.39, 0.29) is 12.5 Å². The Bertz CT molecular complexity index is 998.